The summed E-state index contributed by atoms with van der Waals surface area (Å²) in [6.07, 6.45) is 2.30. The van der Waals surface area contributed by atoms with Crippen LogP contribution in [0.25, 0.3) is 0 Å². The van der Waals surface area contributed by atoms with Crippen molar-refractivity contribution in [1.82, 2.24) is 5.43 Å². The van der Waals surface area contributed by atoms with Gasteiger partial charge in [-0.15, -0.1) is 0 Å². The fourth-order valence-electron chi connectivity index (χ4n) is 3.01. The highest BCUT2D eigenvalue weighted by atomic mass is 32.2. The van der Waals surface area contributed by atoms with Crippen LogP contribution in [0.3, 0.4) is 0 Å². The van der Waals surface area contributed by atoms with Crippen LogP contribution in [-0.4, -0.2) is 38.6 Å². The minimum absolute atomic E-state index is 0.0233. The molecule has 0 atom stereocenters. The van der Waals surface area contributed by atoms with E-state index in [-0.39, 0.29) is 16.3 Å². The summed E-state index contributed by atoms with van der Waals surface area (Å²) in [5, 5.41) is 15.1. The van der Waals surface area contributed by atoms with E-state index in [0.29, 0.717) is 17.9 Å². The normalized spacial score (nSPS) is 11.2. The number of hydrazone groups is 1. The Bertz CT molecular complexity index is 1300. The van der Waals surface area contributed by atoms with Crippen molar-refractivity contribution in [3.8, 4) is 5.75 Å². The lowest BCUT2D eigenvalue weighted by atomic mass is 10.2. The van der Waals surface area contributed by atoms with Crippen LogP contribution in [0.15, 0.2) is 88.9 Å². The average molecular weight is 497 g/mol. The van der Waals surface area contributed by atoms with E-state index in [2.05, 4.69) is 10.5 Å². The van der Waals surface area contributed by atoms with Crippen LogP contribution in [0.1, 0.15) is 18.9 Å². The third-order valence-corrected chi connectivity index (χ3v) is 6.49. The molecule has 1 amide bonds. The molecular weight excluding hydrogens is 472 g/mol. The zero-order valence-corrected chi connectivity index (χ0v) is 19.7. The Morgan fingerprint density at radius 1 is 1.09 bits per heavy atom. The summed E-state index contributed by atoms with van der Waals surface area (Å²) in [6, 6.07) is 19.6. The first-order valence-electron chi connectivity index (χ1n) is 10.7. The zero-order chi connectivity index (χ0) is 25.3. The molecule has 0 radical (unpaired) electrons. The number of sulfonamides is 1. The van der Waals surface area contributed by atoms with Crippen molar-refractivity contribution in [3.63, 3.8) is 0 Å². The molecule has 0 aromatic heterocycles. The second kappa shape index (κ2) is 11.7. The summed E-state index contributed by atoms with van der Waals surface area (Å²) in [5.41, 5.74) is 2.67. The van der Waals surface area contributed by atoms with Gasteiger partial charge >= 0.3 is 0 Å². The van der Waals surface area contributed by atoms with E-state index in [1.807, 2.05) is 6.92 Å². The number of amides is 1. The number of carbonyl (C=O) groups excluding carboxylic acids is 1. The zero-order valence-electron chi connectivity index (χ0n) is 18.9. The molecule has 11 heteroatoms. The first-order chi connectivity index (χ1) is 16.8. The van der Waals surface area contributed by atoms with Gasteiger partial charge in [-0.2, -0.15) is 5.10 Å². The Kier molecular flexibility index (Phi) is 8.52. The predicted octanol–water partition coefficient (Wildman–Crippen LogP) is 3.73. The predicted molar refractivity (Wildman–Crippen MR) is 132 cm³/mol. The number of nitrogens with zero attached hydrogens (tertiary/aromatic N) is 3. The molecule has 0 saturated heterocycles. The topological polar surface area (TPSA) is 131 Å². The van der Waals surface area contributed by atoms with E-state index in [0.717, 1.165) is 16.8 Å². The Hall–Kier alpha value is -4.25. The van der Waals surface area contributed by atoms with Crippen LogP contribution >= 0.6 is 0 Å². The Morgan fingerprint density at radius 2 is 1.80 bits per heavy atom. The Balaban J connectivity index is 1.78. The van der Waals surface area contributed by atoms with Gasteiger partial charge in [-0.1, -0.05) is 31.2 Å². The molecule has 0 unspecified atom stereocenters. The van der Waals surface area contributed by atoms with Crippen LogP contribution in [-0.2, 0) is 14.8 Å². The fourth-order valence-corrected chi connectivity index (χ4v) is 4.44. The Labute approximate surface area is 203 Å². The van der Waals surface area contributed by atoms with Crippen LogP contribution < -0.4 is 14.5 Å². The number of nitro groups is 1. The molecule has 35 heavy (non-hydrogen) atoms. The number of ether oxygens (including phenoxy) is 1. The Morgan fingerprint density at radius 3 is 2.46 bits per heavy atom. The number of nitro benzene ring substituents is 1. The summed E-state index contributed by atoms with van der Waals surface area (Å²) in [7, 11) is -4.20. The number of anilines is 1. The number of benzene rings is 3. The highest BCUT2D eigenvalue weighted by Crippen LogP contribution is 2.26. The highest BCUT2D eigenvalue weighted by Gasteiger charge is 2.28. The van der Waals surface area contributed by atoms with Gasteiger partial charge in [0.25, 0.3) is 21.6 Å². The van der Waals surface area contributed by atoms with E-state index in [4.69, 9.17) is 4.74 Å². The smallest absolute Gasteiger partial charge is 0.271 e. The van der Waals surface area contributed by atoms with Gasteiger partial charge in [0.05, 0.1) is 28.3 Å². The van der Waals surface area contributed by atoms with E-state index in [9.17, 15) is 23.3 Å². The number of hydrogen-bond donors (Lipinski definition) is 1. The molecule has 0 spiro atoms. The second-order valence-electron chi connectivity index (χ2n) is 7.31. The van der Waals surface area contributed by atoms with Crippen molar-refractivity contribution in [3.05, 3.63) is 94.5 Å². The maximum Gasteiger partial charge on any atom is 0.271 e. The molecule has 0 fully saturated rings. The van der Waals surface area contributed by atoms with Gasteiger partial charge in [0, 0.05) is 12.1 Å². The van der Waals surface area contributed by atoms with Crippen LogP contribution in [0.4, 0.5) is 11.4 Å². The van der Waals surface area contributed by atoms with Gasteiger partial charge in [0.1, 0.15) is 12.3 Å². The fraction of sp³-hybridized carbons (Fsp3) is 0.167. The van der Waals surface area contributed by atoms with Crippen LogP contribution in [0.5, 0.6) is 5.75 Å². The molecule has 3 aromatic carbocycles. The molecule has 182 valence electrons. The highest BCUT2D eigenvalue weighted by molar-refractivity contribution is 7.92. The number of non-ortho nitro benzene ring substituents is 1. The summed E-state index contributed by atoms with van der Waals surface area (Å²) in [6.45, 7) is 1.98. The average Bonchev–Trinajstić information content (AvgIpc) is 2.87. The maximum absolute atomic E-state index is 13.3. The second-order valence-corrected chi connectivity index (χ2v) is 9.17. The van der Waals surface area contributed by atoms with Crippen molar-refractivity contribution in [2.24, 2.45) is 5.10 Å². The van der Waals surface area contributed by atoms with Crippen molar-refractivity contribution in [2.45, 2.75) is 18.2 Å². The summed E-state index contributed by atoms with van der Waals surface area (Å²) < 4.78 is 32.9. The lowest BCUT2D eigenvalue weighted by Crippen LogP contribution is -2.39. The van der Waals surface area contributed by atoms with Gasteiger partial charge in [-0.3, -0.25) is 19.2 Å². The van der Waals surface area contributed by atoms with Gasteiger partial charge in [0.15, 0.2) is 0 Å². The molecule has 0 aliphatic heterocycles. The molecule has 0 bridgehead atoms. The summed E-state index contributed by atoms with van der Waals surface area (Å²) in [5.74, 6) is -0.0121. The third kappa shape index (κ3) is 6.87. The first-order valence-corrected chi connectivity index (χ1v) is 12.1. The van der Waals surface area contributed by atoms with E-state index >= 15 is 0 Å². The maximum atomic E-state index is 13.3. The van der Waals surface area contributed by atoms with Crippen molar-refractivity contribution in [2.75, 3.05) is 17.5 Å². The largest absolute Gasteiger partial charge is 0.494 e. The van der Waals surface area contributed by atoms with Gasteiger partial charge in [-0.25, -0.2) is 13.8 Å². The van der Waals surface area contributed by atoms with Gasteiger partial charge < -0.3 is 4.74 Å². The lowest BCUT2D eigenvalue weighted by molar-refractivity contribution is -0.384. The lowest BCUT2D eigenvalue weighted by Gasteiger charge is -2.23. The first kappa shape index (κ1) is 25.4. The molecule has 3 aromatic rings. The monoisotopic (exact) mass is 496 g/mol. The molecule has 3 rings (SSSR count). The summed E-state index contributed by atoms with van der Waals surface area (Å²) >= 11 is 0. The molecule has 0 heterocycles. The third-order valence-electron chi connectivity index (χ3n) is 4.70. The number of hydrogen-bond acceptors (Lipinski definition) is 7. The molecule has 10 nitrogen and oxygen atoms in total. The summed E-state index contributed by atoms with van der Waals surface area (Å²) in [4.78, 5) is 23.1. The number of rotatable bonds is 11. The standard InChI is InChI=1S/C24H24N4O6S/c1-2-15-34-22-13-11-19(12-14-22)17-25-26-24(29)18-27(20-7-6-8-21(16-20)28(30)31)35(32,33)23-9-4-3-5-10-23/h3-14,16-17H,2,15,18H2,1H3,(H,26,29)/b25-17-. The molecule has 1 N–H and O–H groups in total. The van der Waals surface area contributed by atoms with E-state index < -0.39 is 27.4 Å². The van der Waals surface area contributed by atoms with E-state index in [1.54, 1.807) is 42.5 Å². The minimum atomic E-state index is -4.20. The molecule has 0 aliphatic rings. The van der Waals surface area contributed by atoms with Gasteiger partial charge in [-0.05, 0) is 54.4 Å². The molecular formula is C24H24N4O6S. The van der Waals surface area contributed by atoms with Crippen molar-refractivity contribution in [1.29, 1.82) is 0 Å². The molecule has 0 saturated carbocycles. The van der Waals surface area contributed by atoms with Crippen LogP contribution in [0.2, 0.25) is 0 Å². The van der Waals surface area contributed by atoms with Crippen molar-refractivity contribution < 1.29 is 22.9 Å². The van der Waals surface area contributed by atoms with E-state index in [1.165, 1.54) is 36.5 Å². The SMILES string of the molecule is CCCOc1ccc(/C=N\NC(=O)CN(c2cccc([N+](=O)[O-])c2)S(=O)(=O)c2ccccc2)cc1. The quantitative estimate of drug-likeness (QED) is 0.244. The number of nitrogens with one attached hydrogen (secondary N) is 1. The number of carbonyl (C=O) groups is 1. The van der Waals surface area contributed by atoms with Crippen molar-refractivity contribution >= 4 is 33.5 Å². The van der Waals surface area contributed by atoms with Crippen LogP contribution in [0, 0.1) is 10.1 Å². The minimum Gasteiger partial charge on any atom is -0.494 e. The van der Waals surface area contributed by atoms with Gasteiger partial charge in [0.2, 0.25) is 0 Å². The molecule has 0 aliphatic carbocycles.